The molecule has 1 rings (SSSR count). The summed E-state index contributed by atoms with van der Waals surface area (Å²) in [5, 5.41) is 21.8. The Morgan fingerprint density at radius 3 is 2.40 bits per heavy atom. The van der Waals surface area contributed by atoms with Crippen LogP contribution in [-0.2, 0) is 16.0 Å². The number of carbonyl (C=O) groups excluding carboxylic acids is 1. The number of hydrogen-bond acceptors (Lipinski definition) is 4. The van der Waals surface area contributed by atoms with Gasteiger partial charge >= 0.3 is 5.97 Å². The lowest BCUT2D eigenvalue weighted by Crippen LogP contribution is -2.41. The molecule has 0 fully saturated rings. The Balaban J connectivity index is 2.61. The highest BCUT2D eigenvalue weighted by Gasteiger charge is 2.18. The van der Waals surface area contributed by atoms with Gasteiger partial charge in [0.25, 0.3) is 5.69 Å². The van der Waals surface area contributed by atoms with Crippen molar-refractivity contribution in [3.63, 3.8) is 0 Å². The van der Waals surface area contributed by atoms with Crippen LogP contribution >= 0.6 is 0 Å². The van der Waals surface area contributed by atoms with Crippen LogP contribution in [0.3, 0.4) is 0 Å². The number of hydrogen-bond donors (Lipinski definition) is 2. The van der Waals surface area contributed by atoms with Crippen molar-refractivity contribution in [3.05, 3.63) is 39.9 Å². The maximum absolute atomic E-state index is 11.7. The second-order valence-electron chi connectivity index (χ2n) is 4.35. The van der Waals surface area contributed by atoms with Crippen molar-refractivity contribution in [3.8, 4) is 0 Å². The summed E-state index contributed by atoms with van der Waals surface area (Å²) in [5.74, 6) is -1.48. The van der Waals surface area contributed by atoms with E-state index in [1.54, 1.807) is 0 Å². The molecule has 0 aliphatic heterocycles. The van der Waals surface area contributed by atoms with Gasteiger partial charge in [0.05, 0.1) is 11.3 Å². The molecule has 0 unspecified atom stereocenters. The Morgan fingerprint density at radius 2 is 1.95 bits per heavy atom. The summed E-state index contributed by atoms with van der Waals surface area (Å²) < 4.78 is 0. The maximum Gasteiger partial charge on any atom is 0.326 e. The van der Waals surface area contributed by atoms with Gasteiger partial charge < -0.3 is 10.4 Å². The van der Waals surface area contributed by atoms with Gasteiger partial charge in [0.1, 0.15) is 6.04 Å². The van der Waals surface area contributed by atoms with Crippen LogP contribution in [0.4, 0.5) is 5.69 Å². The van der Waals surface area contributed by atoms with Gasteiger partial charge in [-0.2, -0.15) is 0 Å². The Morgan fingerprint density at radius 1 is 1.35 bits per heavy atom. The standard InChI is InChI=1S/C13H16N2O5/c1-2-3-11(13(17)18)14-12(16)8-9-4-6-10(7-5-9)15(19)20/h4-7,11H,2-3,8H2,1H3,(H,14,16)(H,17,18)/t11-/m1/s1. The minimum atomic E-state index is -1.07. The second kappa shape index (κ2) is 7.22. The van der Waals surface area contributed by atoms with Crippen LogP contribution in [0.2, 0.25) is 0 Å². The highest BCUT2D eigenvalue weighted by Crippen LogP contribution is 2.12. The van der Waals surface area contributed by atoms with Crippen LogP contribution in [0.15, 0.2) is 24.3 Å². The average molecular weight is 280 g/mol. The van der Waals surface area contributed by atoms with Gasteiger partial charge in [-0.05, 0) is 12.0 Å². The van der Waals surface area contributed by atoms with Crippen molar-refractivity contribution in [2.24, 2.45) is 0 Å². The van der Waals surface area contributed by atoms with Gasteiger partial charge in [-0.1, -0.05) is 25.5 Å². The summed E-state index contributed by atoms with van der Waals surface area (Å²) in [6.07, 6.45) is 1.00. The number of rotatable bonds is 7. The van der Waals surface area contributed by atoms with Crippen LogP contribution in [0, 0.1) is 10.1 Å². The molecular weight excluding hydrogens is 264 g/mol. The first-order valence-corrected chi connectivity index (χ1v) is 6.19. The van der Waals surface area contributed by atoms with Crippen LogP contribution in [0.25, 0.3) is 0 Å². The van der Waals surface area contributed by atoms with Crippen molar-refractivity contribution in [1.82, 2.24) is 5.32 Å². The predicted molar refractivity (Wildman–Crippen MR) is 71.3 cm³/mol. The first kappa shape index (κ1) is 15.6. The van der Waals surface area contributed by atoms with Gasteiger partial charge in [0.2, 0.25) is 5.91 Å². The summed E-state index contributed by atoms with van der Waals surface area (Å²) in [4.78, 5) is 32.6. The predicted octanol–water partition coefficient (Wildman–Crippen LogP) is 1.51. The van der Waals surface area contributed by atoms with E-state index in [2.05, 4.69) is 5.32 Å². The first-order chi connectivity index (χ1) is 9.43. The second-order valence-corrected chi connectivity index (χ2v) is 4.35. The lowest BCUT2D eigenvalue weighted by Gasteiger charge is -2.13. The van der Waals surface area contributed by atoms with E-state index >= 15 is 0 Å². The molecule has 0 saturated heterocycles. The van der Waals surface area contributed by atoms with E-state index in [0.717, 1.165) is 0 Å². The molecule has 1 atom stereocenters. The molecule has 0 saturated carbocycles. The number of benzene rings is 1. The molecule has 0 radical (unpaired) electrons. The molecule has 0 spiro atoms. The number of nitro benzene ring substituents is 1. The smallest absolute Gasteiger partial charge is 0.326 e. The lowest BCUT2D eigenvalue weighted by atomic mass is 10.1. The Labute approximate surface area is 115 Å². The molecule has 7 nitrogen and oxygen atoms in total. The topological polar surface area (TPSA) is 110 Å². The highest BCUT2D eigenvalue weighted by molar-refractivity contribution is 5.84. The Hall–Kier alpha value is -2.44. The fourth-order valence-corrected chi connectivity index (χ4v) is 1.71. The van der Waals surface area contributed by atoms with Gasteiger partial charge in [0.15, 0.2) is 0 Å². The molecule has 1 aromatic carbocycles. The van der Waals surface area contributed by atoms with E-state index < -0.39 is 22.8 Å². The number of non-ortho nitro benzene ring substituents is 1. The SMILES string of the molecule is CCC[C@@H](NC(=O)Cc1ccc([N+](=O)[O-])cc1)C(=O)O. The molecule has 0 aromatic heterocycles. The largest absolute Gasteiger partial charge is 0.480 e. The lowest BCUT2D eigenvalue weighted by molar-refractivity contribution is -0.384. The van der Waals surface area contributed by atoms with Crippen molar-refractivity contribution in [2.45, 2.75) is 32.2 Å². The van der Waals surface area contributed by atoms with Gasteiger partial charge in [0, 0.05) is 12.1 Å². The molecule has 1 aromatic rings. The Bertz CT molecular complexity index is 498. The molecule has 0 heterocycles. The summed E-state index contributed by atoms with van der Waals surface area (Å²) in [6, 6.07) is 4.68. The number of amides is 1. The molecule has 0 aliphatic carbocycles. The number of carboxylic acids is 1. The third-order valence-corrected chi connectivity index (χ3v) is 2.72. The monoisotopic (exact) mass is 280 g/mol. The number of aliphatic carboxylic acids is 1. The van der Waals surface area contributed by atoms with Crippen molar-refractivity contribution in [1.29, 1.82) is 0 Å². The molecule has 1 amide bonds. The number of carboxylic acid groups (broad SMARTS) is 1. The molecule has 108 valence electrons. The summed E-state index contributed by atoms with van der Waals surface area (Å²) in [6.45, 7) is 1.83. The summed E-state index contributed by atoms with van der Waals surface area (Å²) in [5.41, 5.74) is 0.539. The summed E-state index contributed by atoms with van der Waals surface area (Å²) in [7, 11) is 0. The molecule has 7 heteroatoms. The minimum Gasteiger partial charge on any atom is -0.480 e. The van der Waals surface area contributed by atoms with Gasteiger partial charge in [-0.3, -0.25) is 14.9 Å². The van der Waals surface area contributed by atoms with E-state index in [-0.39, 0.29) is 12.1 Å². The normalized spacial score (nSPS) is 11.7. The average Bonchev–Trinajstić information content (AvgIpc) is 2.38. The van der Waals surface area contributed by atoms with Crippen LogP contribution in [0.5, 0.6) is 0 Å². The molecule has 2 N–H and O–H groups in total. The van der Waals surface area contributed by atoms with E-state index in [4.69, 9.17) is 5.11 Å². The quantitative estimate of drug-likeness (QED) is 0.581. The number of nitro groups is 1. The van der Waals surface area contributed by atoms with E-state index in [1.807, 2.05) is 6.92 Å². The maximum atomic E-state index is 11.7. The van der Waals surface area contributed by atoms with E-state index in [9.17, 15) is 19.7 Å². The zero-order valence-electron chi connectivity index (χ0n) is 11.0. The highest BCUT2D eigenvalue weighted by atomic mass is 16.6. The fraction of sp³-hybridized carbons (Fsp3) is 0.385. The van der Waals surface area contributed by atoms with E-state index in [1.165, 1.54) is 24.3 Å². The number of nitrogens with one attached hydrogen (secondary N) is 1. The van der Waals surface area contributed by atoms with Crippen molar-refractivity contribution < 1.29 is 19.6 Å². The van der Waals surface area contributed by atoms with E-state index in [0.29, 0.717) is 18.4 Å². The molecule has 20 heavy (non-hydrogen) atoms. The third kappa shape index (κ3) is 4.68. The van der Waals surface area contributed by atoms with Crippen LogP contribution in [-0.4, -0.2) is 27.9 Å². The summed E-state index contributed by atoms with van der Waals surface area (Å²) >= 11 is 0. The van der Waals surface area contributed by atoms with Crippen molar-refractivity contribution in [2.75, 3.05) is 0 Å². The fourth-order valence-electron chi connectivity index (χ4n) is 1.71. The van der Waals surface area contributed by atoms with Crippen LogP contribution < -0.4 is 5.32 Å². The number of nitrogens with zero attached hydrogens (tertiary/aromatic N) is 1. The van der Waals surface area contributed by atoms with Crippen LogP contribution in [0.1, 0.15) is 25.3 Å². The molecule has 0 aliphatic rings. The van der Waals surface area contributed by atoms with Crippen molar-refractivity contribution >= 4 is 17.6 Å². The van der Waals surface area contributed by atoms with Gasteiger partial charge in [-0.15, -0.1) is 0 Å². The van der Waals surface area contributed by atoms with Gasteiger partial charge in [-0.25, -0.2) is 4.79 Å². The third-order valence-electron chi connectivity index (χ3n) is 2.72. The minimum absolute atomic E-state index is 0.00844. The molecular formula is C13H16N2O5. The number of carbonyl (C=O) groups is 2. The zero-order chi connectivity index (χ0) is 15.1. The Kier molecular flexibility index (Phi) is 5.64. The first-order valence-electron chi connectivity index (χ1n) is 6.19. The molecule has 0 bridgehead atoms. The zero-order valence-corrected chi connectivity index (χ0v) is 11.0.